The van der Waals surface area contributed by atoms with Gasteiger partial charge in [-0.25, -0.2) is 14.1 Å². The fraction of sp³-hybridized carbons (Fsp3) is 0.111. The summed E-state index contributed by atoms with van der Waals surface area (Å²) >= 11 is 0. The molecule has 0 radical (unpaired) electrons. The highest BCUT2D eigenvalue weighted by Crippen LogP contribution is 2.11. The van der Waals surface area contributed by atoms with Gasteiger partial charge in [-0.2, -0.15) is 10.1 Å². The van der Waals surface area contributed by atoms with Crippen molar-refractivity contribution in [2.45, 2.75) is 0 Å². The van der Waals surface area contributed by atoms with Crippen LogP contribution in [0.15, 0.2) is 18.6 Å². The molecule has 0 saturated heterocycles. The molecule has 2 heterocycles. The molecule has 0 bridgehead atoms. The van der Waals surface area contributed by atoms with Crippen LogP contribution in [0.25, 0.3) is 0 Å². The summed E-state index contributed by atoms with van der Waals surface area (Å²) < 4.78 is 14.3. The molecule has 0 spiro atoms. The van der Waals surface area contributed by atoms with Crippen LogP contribution in [-0.4, -0.2) is 25.7 Å². The smallest absolute Gasteiger partial charge is 0.261 e. The molecule has 2 aromatic heterocycles. The molecule has 3 N–H and O–H groups in total. The SMILES string of the molecule is Cn1ncnc1NC(=O)c1cc(F)cnc1N. The zero-order chi connectivity index (χ0) is 12.4. The van der Waals surface area contributed by atoms with Crippen molar-refractivity contribution in [3.63, 3.8) is 0 Å². The van der Waals surface area contributed by atoms with Crippen molar-refractivity contribution in [3.8, 4) is 0 Å². The summed E-state index contributed by atoms with van der Waals surface area (Å²) in [6.07, 6.45) is 2.22. The minimum Gasteiger partial charge on any atom is -0.383 e. The molecule has 0 aliphatic carbocycles. The van der Waals surface area contributed by atoms with Crippen molar-refractivity contribution in [2.24, 2.45) is 7.05 Å². The Morgan fingerprint density at radius 2 is 2.29 bits per heavy atom. The Kier molecular flexibility index (Phi) is 2.69. The third-order valence-corrected chi connectivity index (χ3v) is 2.07. The number of rotatable bonds is 2. The van der Waals surface area contributed by atoms with Crippen molar-refractivity contribution in [2.75, 3.05) is 11.1 Å². The summed E-state index contributed by atoms with van der Waals surface area (Å²) in [5.74, 6) is -1.04. The third-order valence-electron chi connectivity index (χ3n) is 2.07. The second kappa shape index (κ2) is 4.16. The van der Waals surface area contributed by atoms with Crippen molar-refractivity contribution >= 4 is 17.7 Å². The van der Waals surface area contributed by atoms with Gasteiger partial charge in [0.1, 0.15) is 18.0 Å². The number of amides is 1. The van der Waals surface area contributed by atoms with Crippen LogP contribution in [0, 0.1) is 5.82 Å². The summed E-state index contributed by atoms with van der Waals surface area (Å²) in [5.41, 5.74) is 5.43. The highest BCUT2D eigenvalue weighted by atomic mass is 19.1. The summed E-state index contributed by atoms with van der Waals surface area (Å²) in [6, 6.07) is 1.01. The highest BCUT2D eigenvalue weighted by molar-refractivity contribution is 6.06. The normalized spacial score (nSPS) is 10.2. The number of hydrogen-bond acceptors (Lipinski definition) is 5. The fourth-order valence-electron chi connectivity index (χ4n) is 1.21. The number of nitrogens with zero attached hydrogens (tertiary/aromatic N) is 4. The number of aryl methyl sites for hydroxylation is 1. The molecular weight excluding hydrogens is 227 g/mol. The largest absolute Gasteiger partial charge is 0.383 e. The predicted octanol–water partition coefficient (Wildman–Crippen LogP) is 0.184. The fourth-order valence-corrected chi connectivity index (χ4v) is 1.21. The van der Waals surface area contributed by atoms with Crippen molar-refractivity contribution in [1.29, 1.82) is 0 Å². The number of halogens is 1. The number of carbonyl (C=O) groups excluding carboxylic acids is 1. The zero-order valence-corrected chi connectivity index (χ0v) is 8.88. The second-order valence-electron chi connectivity index (χ2n) is 3.25. The summed E-state index contributed by atoms with van der Waals surface area (Å²) in [7, 11) is 1.61. The first kappa shape index (κ1) is 11.0. The van der Waals surface area contributed by atoms with E-state index in [1.807, 2.05) is 0 Å². The predicted molar refractivity (Wildman–Crippen MR) is 57.6 cm³/mol. The van der Waals surface area contributed by atoms with Crippen molar-refractivity contribution in [1.82, 2.24) is 19.7 Å². The summed E-state index contributed by atoms with van der Waals surface area (Å²) in [4.78, 5) is 19.1. The van der Waals surface area contributed by atoms with E-state index >= 15 is 0 Å². The number of pyridine rings is 1. The van der Waals surface area contributed by atoms with Gasteiger partial charge in [0.15, 0.2) is 0 Å². The van der Waals surface area contributed by atoms with E-state index in [0.29, 0.717) is 0 Å². The Bertz CT molecular complexity index is 566. The highest BCUT2D eigenvalue weighted by Gasteiger charge is 2.14. The van der Waals surface area contributed by atoms with Gasteiger partial charge in [0, 0.05) is 7.05 Å². The average molecular weight is 236 g/mol. The van der Waals surface area contributed by atoms with Gasteiger partial charge in [-0.1, -0.05) is 0 Å². The van der Waals surface area contributed by atoms with Gasteiger partial charge in [-0.15, -0.1) is 0 Å². The van der Waals surface area contributed by atoms with Gasteiger partial charge in [-0.05, 0) is 6.07 Å². The van der Waals surface area contributed by atoms with E-state index in [-0.39, 0.29) is 17.3 Å². The van der Waals surface area contributed by atoms with Crippen molar-refractivity contribution in [3.05, 3.63) is 30.0 Å². The van der Waals surface area contributed by atoms with Crippen molar-refractivity contribution < 1.29 is 9.18 Å². The Morgan fingerprint density at radius 1 is 1.53 bits per heavy atom. The monoisotopic (exact) mass is 236 g/mol. The van der Waals surface area contributed by atoms with E-state index < -0.39 is 11.7 Å². The lowest BCUT2D eigenvalue weighted by Crippen LogP contribution is -2.17. The first-order valence-electron chi connectivity index (χ1n) is 4.64. The maximum Gasteiger partial charge on any atom is 0.261 e. The summed E-state index contributed by atoms with van der Waals surface area (Å²) in [6.45, 7) is 0. The quantitative estimate of drug-likeness (QED) is 0.775. The standard InChI is InChI=1S/C9H9FN6O/c1-16-9(13-4-14-16)15-8(17)6-2-5(10)3-12-7(6)11/h2-4H,1H3,(H2,11,12)(H,13,14,15,17). The molecule has 1 amide bonds. The topological polar surface area (TPSA) is 98.7 Å². The number of nitrogens with one attached hydrogen (secondary N) is 1. The van der Waals surface area contributed by atoms with Gasteiger partial charge in [0.25, 0.3) is 5.91 Å². The zero-order valence-electron chi connectivity index (χ0n) is 8.88. The molecule has 0 saturated carbocycles. The van der Waals surface area contributed by atoms with Crippen LogP contribution in [0.5, 0.6) is 0 Å². The van der Waals surface area contributed by atoms with Gasteiger partial charge < -0.3 is 5.73 Å². The number of aromatic nitrogens is 4. The van der Waals surface area contributed by atoms with E-state index in [1.165, 1.54) is 11.0 Å². The van der Waals surface area contributed by atoms with Crippen LogP contribution in [0.3, 0.4) is 0 Å². The van der Waals surface area contributed by atoms with Crippen LogP contribution in [0.1, 0.15) is 10.4 Å². The van der Waals surface area contributed by atoms with Crippen LogP contribution in [0.4, 0.5) is 16.2 Å². The lowest BCUT2D eigenvalue weighted by Gasteiger charge is -2.05. The molecule has 0 atom stereocenters. The summed E-state index contributed by atoms with van der Waals surface area (Å²) in [5, 5.41) is 6.21. The van der Waals surface area contributed by atoms with Crippen LogP contribution >= 0.6 is 0 Å². The number of nitrogens with two attached hydrogens (primary N) is 1. The van der Waals surface area contributed by atoms with Gasteiger partial charge in [-0.3, -0.25) is 10.1 Å². The molecule has 0 unspecified atom stereocenters. The maximum atomic E-state index is 12.9. The molecule has 2 aromatic rings. The molecule has 8 heteroatoms. The molecule has 0 aromatic carbocycles. The minimum atomic E-state index is -0.637. The second-order valence-corrected chi connectivity index (χ2v) is 3.25. The van der Waals surface area contributed by atoms with Gasteiger partial charge >= 0.3 is 0 Å². The minimum absolute atomic E-state index is 0.0481. The maximum absolute atomic E-state index is 12.9. The average Bonchev–Trinajstić information content (AvgIpc) is 2.68. The van der Waals surface area contributed by atoms with E-state index in [9.17, 15) is 9.18 Å². The molecule has 7 nitrogen and oxygen atoms in total. The first-order chi connectivity index (χ1) is 8.08. The molecule has 0 fully saturated rings. The van der Waals surface area contributed by atoms with E-state index in [4.69, 9.17) is 5.73 Å². The number of hydrogen-bond donors (Lipinski definition) is 2. The van der Waals surface area contributed by atoms with E-state index in [2.05, 4.69) is 20.4 Å². The molecular formula is C9H9FN6O. The number of carbonyl (C=O) groups is 1. The molecule has 2 rings (SSSR count). The van der Waals surface area contributed by atoms with Gasteiger partial charge in [0.05, 0.1) is 11.8 Å². The van der Waals surface area contributed by atoms with Gasteiger partial charge in [0.2, 0.25) is 5.95 Å². The first-order valence-corrected chi connectivity index (χ1v) is 4.64. The Hall–Kier alpha value is -2.51. The molecule has 0 aliphatic rings. The van der Waals surface area contributed by atoms with E-state index in [0.717, 1.165) is 12.3 Å². The molecule has 88 valence electrons. The van der Waals surface area contributed by atoms with Crippen LogP contribution < -0.4 is 11.1 Å². The number of anilines is 2. The Labute approximate surface area is 95.5 Å². The third kappa shape index (κ3) is 2.19. The Morgan fingerprint density at radius 3 is 2.94 bits per heavy atom. The lowest BCUT2D eigenvalue weighted by atomic mass is 10.2. The Balaban J connectivity index is 2.26. The van der Waals surface area contributed by atoms with E-state index in [1.54, 1.807) is 7.05 Å². The molecule has 17 heavy (non-hydrogen) atoms. The van der Waals surface area contributed by atoms with Crippen LogP contribution in [-0.2, 0) is 7.05 Å². The lowest BCUT2D eigenvalue weighted by molar-refractivity contribution is 0.102. The van der Waals surface area contributed by atoms with Crippen LogP contribution in [0.2, 0.25) is 0 Å². The number of nitrogen functional groups attached to an aromatic ring is 1. The molecule has 0 aliphatic heterocycles.